The number of furan rings is 1. The number of rotatable bonds is 4. The highest BCUT2D eigenvalue weighted by Crippen LogP contribution is 2.37. The van der Waals surface area contributed by atoms with E-state index >= 15 is 0 Å². The summed E-state index contributed by atoms with van der Waals surface area (Å²) in [4.78, 5) is 13.6. The first-order valence-electron chi connectivity index (χ1n) is 7.38. The number of aryl methyl sites for hydroxylation is 1. The van der Waals surface area contributed by atoms with Gasteiger partial charge in [0, 0.05) is 4.88 Å². The standard InChI is InChI=1S/C15H18N2O4S2/c1-9-10-5-3-4-6-12(10)22-15(9)17-14(18)11-7-8-13(21-11)23(19,20)16-2/h7-8,16H,3-6H2,1-2H3,(H,17,18). The first-order chi connectivity index (χ1) is 10.9. The molecular formula is C15H18N2O4S2. The molecule has 0 unspecified atom stereocenters. The number of carbonyl (C=O) groups excluding carboxylic acids is 1. The van der Waals surface area contributed by atoms with Crippen LogP contribution >= 0.6 is 11.3 Å². The number of thiophene rings is 1. The van der Waals surface area contributed by atoms with Gasteiger partial charge in [0.1, 0.15) is 0 Å². The lowest BCUT2D eigenvalue weighted by Crippen LogP contribution is -2.18. The number of anilines is 1. The lowest BCUT2D eigenvalue weighted by atomic mass is 9.96. The molecule has 0 aliphatic heterocycles. The number of fused-ring (bicyclic) bond motifs is 1. The van der Waals surface area contributed by atoms with Gasteiger partial charge in [0.05, 0.1) is 5.00 Å². The van der Waals surface area contributed by atoms with Gasteiger partial charge in [-0.2, -0.15) is 0 Å². The van der Waals surface area contributed by atoms with E-state index in [0.29, 0.717) is 0 Å². The van der Waals surface area contributed by atoms with Crippen molar-refractivity contribution in [3.63, 3.8) is 0 Å². The maximum Gasteiger partial charge on any atom is 0.292 e. The zero-order valence-electron chi connectivity index (χ0n) is 12.9. The van der Waals surface area contributed by atoms with E-state index in [0.717, 1.165) is 23.4 Å². The highest BCUT2D eigenvalue weighted by atomic mass is 32.2. The van der Waals surface area contributed by atoms with Gasteiger partial charge in [0.25, 0.3) is 15.9 Å². The van der Waals surface area contributed by atoms with Crippen molar-refractivity contribution in [2.75, 3.05) is 12.4 Å². The number of hydrogen-bond acceptors (Lipinski definition) is 5. The van der Waals surface area contributed by atoms with E-state index in [9.17, 15) is 13.2 Å². The topological polar surface area (TPSA) is 88.4 Å². The Morgan fingerprint density at radius 1 is 1.26 bits per heavy atom. The van der Waals surface area contributed by atoms with Crippen molar-refractivity contribution in [3.05, 3.63) is 33.9 Å². The number of nitrogens with one attached hydrogen (secondary N) is 2. The zero-order valence-corrected chi connectivity index (χ0v) is 14.6. The SMILES string of the molecule is CNS(=O)(=O)c1ccc(C(=O)Nc2sc3c(c2C)CCCC3)o1. The molecule has 0 saturated heterocycles. The van der Waals surface area contributed by atoms with E-state index in [1.165, 1.54) is 42.5 Å². The third kappa shape index (κ3) is 3.06. The Morgan fingerprint density at radius 3 is 2.70 bits per heavy atom. The molecule has 0 aromatic carbocycles. The molecular weight excluding hydrogens is 336 g/mol. The highest BCUT2D eigenvalue weighted by Gasteiger charge is 2.22. The summed E-state index contributed by atoms with van der Waals surface area (Å²) in [7, 11) is -2.40. The average molecular weight is 354 g/mol. The van der Waals surface area contributed by atoms with Crippen molar-refractivity contribution >= 4 is 32.3 Å². The van der Waals surface area contributed by atoms with Crippen LogP contribution in [0.1, 0.15) is 39.4 Å². The highest BCUT2D eigenvalue weighted by molar-refractivity contribution is 7.89. The summed E-state index contributed by atoms with van der Waals surface area (Å²) in [6.07, 6.45) is 4.48. The lowest BCUT2D eigenvalue weighted by Gasteiger charge is -2.10. The van der Waals surface area contributed by atoms with Crippen LogP contribution < -0.4 is 10.0 Å². The lowest BCUT2D eigenvalue weighted by molar-refractivity contribution is 0.0992. The molecule has 0 fully saturated rings. The van der Waals surface area contributed by atoms with Crippen molar-refractivity contribution < 1.29 is 17.6 Å². The third-order valence-electron chi connectivity index (χ3n) is 4.00. The summed E-state index contributed by atoms with van der Waals surface area (Å²) in [5.74, 6) is -0.464. The van der Waals surface area contributed by atoms with Gasteiger partial charge in [-0.1, -0.05) is 0 Å². The maximum absolute atomic E-state index is 12.3. The van der Waals surface area contributed by atoms with E-state index in [-0.39, 0.29) is 10.9 Å². The van der Waals surface area contributed by atoms with Crippen LogP contribution in [0.3, 0.4) is 0 Å². The molecule has 0 radical (unpaired) electrons. The second-order valence-corrected chi connectivity index (χ2v) is 8.37. The maximum atomic E-state index is 12.3. The van der Waals surface area contributed by atoms with E-state index in [2.05, 4.69) is 10.0 Å². The Balaban J connectivity index is 1.81. The Hall–Kier alpha value is -1.64. The van der Waals surface area contributed by atoms with E-state index in [1.807, 2.05) is 6.92 Å². The summed E-state index contributed by atoms with van der Waals surface area (Å²) in [6.45, 7) is 2.01. The smallest absolute Gasteiger partial charge is 0.292 e. The van der Waals surface area contributed by atoms with Gasteiger partial charge in [-0.3, -0.25) is 4.79 Å². The van der Waals surface area contributed by atoms with Crippen molar-refractivity contribution in [1.82, 2.24) is 4.72 Å². The fourth-order valence-corrected chi connectivity index (χ4v) is 4.63. The summed E-state index contributed by atoms with van der Waals surface area (Å²) in [5.41, 5.74) is 2.45. The molecule has 6 nitrogen and oxygen atoms in total. The predicted octanol–water partition coefficient (Wildman–Crippen LogP) is 2.69. The summed E-state index contributed by atoms with van der Waals surface area (Å²) in [6, 6.07) is 2.63. The summed E-state index contributed by atoms with van der Waals surface area (Å²) >= 11 is 1.60. The monoisotopic (exact) mass is 354 g/mol. The molecule has 2 aromatic heterocycles. The van der Waals surface area contributed by atoms with Crippen LogP contribution in [0, 0.1) is 6.92 Å². The van der Waals surface area contributed by atoms with E-state index in [4.69, 9.17) is 4.42 Å². The predicted molar refractivity (Wildman–Crippen MR) is 88.6 cm³/mol. The average Bonchev–Trinajstić information content (AvgIpc) is 3.14. The molecule has 2 heterocycles. The Kier molecular flexibility index (Phi) is 4.31. The first kappa shape index (κ1) is 16.2. The van der Waals surface area contributed by atoms with Gasteiger partial charge in [-0.05, 0) is 62.9 Å². The van der Waals surface area contributed by atoms with E-state index in [1.54, 1.807) is 11.3 Å². The minimum Gasteiger partial charge on any atom is -0.438 e. The molecule has 0 bridgehead atoms. The second-order valence-electron chi connectivity index (χ2n) is 5.45. The Labute approximate surface area is 138 Å². The number of amides is 1. The first-order valence-corrected chi connectivity index (χ1v) is 9.68. The minimum atomic E-state index is -3.69. The molecule has 3 rings (SSSR count). The van der Waals surface area contributed by atoms with E-state index < -0.39 is 15.9 Å². The van der Waals surface area contributed by atoms with Crippen LogP contribution in [0.5, 0.6) is 0 Å². The largest absolute Gasteiger partial charge is 0.438 e. The van der Waals surface area contributed by atoms with Gasteiger partial charge in [-0.15, -0.1) is 11.3 Å². The number of hydrogen-bond donors (Lipinski definition) is 2. The van der Waals surface area contributed by atoms with Gasteiger partial charge >= 0.3 is 0 Å². The van der Waals surface area contributed by atoms with Crippen LogP contribution in [0.4, 0.5) is 5.00 Å². The normalized spacial score (nSPS) is 14.5. The zero-order chi connectivity index (χ0) is 16.6. The minimum absolute atomic E-state index is 0.0235. The molecule has 0 atom stereocenters. The fourth-order valence-electron chi connectivity index (χ4n) is 2.69. The van der Waals surface area contributed by atoms with Crippen molar-refractivity contribution in [2.45, 2.75) is 37.7 Å². The molecule has 2 aromatic rings. The second kappa shape index (κ2) is 6.10. The van der Waals surface area contributed by atoms with Crippen LogP contribution in [0.15, 0.2) is 21.6 Å². The van der Waals surface area contributed by atoms with Crippen molar-refractivity contribution in [1.29, 1.82) is 0 Å². The molecule has 1 amide bonds. The molecule has 1 aliphatic rings. The van der Waals surface area contributed by atoms with Crippen LogP contribution in [-0.4, -0.2) is 21.4 Å². The van der Waals surface area contributed by atoms with Crippen LogP contribution in [-0.2, 0) is 22.9 Å². The fraction of sp³-hybridized carbons (Fsp3) is 0.400. The molecule has 124 valence electrons. The van der Waals surface area contributed by atoms with Gasteiger partial charge in [0.15, 0.2) is 5.76 Å². The molecule has 0 spiro atoms. The summed E-state index contributed by atoms with van der Waals surface area (Å²) in [5, 5.41) is 3.38. The van der Waals surface area contributed by atoms with Gasteiger partial charge < -0.3 is 9.73 Å². The van der Waals surface area contributed by atoms with Crippen LogP contribution in [0.25, 0.3) is 0 Å². The molecule has 8 heteroatoms. The van der Waals surface area contributed by atoms with Gasteiger partial charge in [0.2, 0.25) is 5.09 Å². The third-order valence-corrected chi connectivity index (χ3v) is 6.60. The molecule has 23 heavy (non-hydrogen) atoms. The quantitative estimate of drug-likeness (QED) is 0.883. The Bertz CT molecular complexity index is 849. The molecule has 2 N–H and O–H groups in total. The molecule has 1 aliphatic carbocycles. The van der Waals surface area contributed by atoms with Crippen LogP contribution in [0.2, 0.25) is 0 Å². The number of sulfonamides is 1. The summed E-state index contributed by atoms with van der Waals surface area (Å²) < 4.78 is 30.6. The van der Waals surface area contributed by atoms with Crippen molar-refractivity contribution in [2.24, 2.45) is 0 Å². The Morgan fingerprint density at radius 2 is 2.00 bits per heavy atom. The van der Waals surface area contributed by atoms with Crippen molar-refractivity contribution in [3.8, 4) is 0 Å². The van der Waals surface area contributed by atoms with Gasteiger partial charge in [-0.25, -0.2) is 13.1 Å². The number of carbonyl (C=O) groups is 1. The molecule has 0 saturated carbocycles.